The number of benzene rings is 1. The van der Waals surface area contributed by atoms with E-state index in [0.29, 0.717) is 25.0 Å². The molecule has 5 rings (SSSR count). The Morgan fingerprint density at radius 2 is 1.76 bits per heavy atom. The van der Waals surface area contributed by atoms with Gasteiger partial charge in [-0.3, -0.25) is 9.80 Å². The van der Waals surface area contributed by atoms with Gasteiger partial charge < -0.3 is 5.32 Å². The summed E-state index contributed by atoms with van der Waals surface area (Å²) in [5, 5.41) is 3.35. The van der Waals surface area contributed by atoms with Crippen molar-refractivity contribution >= 4 is 10.0 Å². The van der Waals surface area contributed by atoms with Gasteiger partial charge in [0.1, 0.15) is 5.82 Å². The zero-order chi connectivity index (χ0) is 23.9. The number of nitrogens with zero attached hydrogens (tertiary/aromatic N) is 3. The SMILES string of the molecule is C[C@H]1CN(C2(C)CCNCC2)CCN1C(c1cccc(F)c1)C1CCN(S(=O)(=O)C2CC2)CC1. The van der Waals surface area contributed by atoms with Gasteiger partial charge in [0, 0.05) is 50.3 Å². The van der Waals surface area contributed by atoms with Crippen LogP contribution in [-0.4, -0.2) is 85.2 Å². The van der Waals surface area contributed by atoms with Crippen LogP contribution in [0.5, 0.6) is 0 Å². The van der Waals surface area contributed by atoms with Crippen LogP contribution < -0.4 is 5.32 Å². The predicted molar refractivity (Wildman–Crippen MR) is 134 cm³/mol. The van der Waals surface area contributed by atoms with Crippen LogP contribution in [-0.2, 0) is 10.0 Å². The molecule has 8 heteroatoms. The molecule has 4 fully saturated rings. The first-order valence-electron chi connectivity index (χ1n) is 13.2. The summed E-state index contributed by atoms with van der Waals surface area (Å²) in [6.45, 7) is 11.1. The number of rotatable bonds is 6. The molecule has 0 bridgehead atoms. The van der Waals surface area contributed by atoms with Gasteiger partial charge in [0.05, 0.1) is 5.25 Å². The van der Waals surface area contributed by atoms with Crippen LogP contribution in [0.4, 0.5) is 4.39 Å². The summed E-state index contributed by atoms with van der Waals surface area (Å²) in [7, 11) is -3.12. The highest BCUT2D eigenvalue weighted by molar-refractivity contribution is 7.90. The second-order valence-corrected chi connectivity index (χ2v) is 13.5. The quantitative estimate of drug-likeness (QED) is 0.661. The third-order valence-corrected chi connectivity index (χ3v) is 11.3. The maximum atomic E-state index is 14.3. The third kappa shape index (κ3) is 4.94. The molecule has 3 saturated heterocycles. The van der Waals surface area contributed by atoms with E-state index in [4.69, 9.17) is 0 Å². The highest BCUT2D eigenvalue weighted by Crippen LogP contribution is 2.41. The average molecular weight is 493 g/mol. The second-order valence-electron chi connectivity index (χ2n) is 11.3. The van der Waals surface area contributed by atoms with Crippen molar-refractivity contribution in [2.75, 3.05) is 45.8 Å². The van der Waals surface area contributed by atoms with Crippen LogP contribution >= 0.6 is 0 Å². The molecule has 1 saturated carbocycles. The summed E-state index contributed by atoms with van der Waals surface area (Å²) in [5.41, 5.74) is 1.29. The number of sulfonamides is 1. The van der Waals surface area contributed by atoms with Gasteiger partial charge in [0.15, 0.2) is 0 Å². The molecule has 1 aromatic carbocycles. The van der Waals surface area contributed by atoms with Gasteiger partial charge in [-0.2, -0.15) is 0 Å². The van der Waals surface area contributed by atoms with Gasteiger partial charge in [-0.25, -0.2) is 17.1 Å². The molecule has 3 aliphatic heterocycles. The summed E-state index contributed by atoms with van der Waals surface area (Å²) in [5.74, 6) is 0.140. The third-order valence-electron chi connectivity index (χ3n) is 8.92. The molecule has 0 aromatic heterocycles. The Kier molecular flexibility index (Phi) is 7.08. The van der Waals surface area contributed by atoms with Crippen LogP contribution in [0.1, 0.15) is 64.0 Å². The van der Waals surface area contributed by atoms with Crippen LogP contribution in [0.25, 0.3) is 0 Å². The molecule has 0 amide bonds. The molecule has 1 N–H and O–H groups in total. The van der Waals surface area contributed by atoms with Crippen LogP contribution in [0.15, 0.2) is 24.3 Å². The van der Waals surface area contributed by atoms with Crippen LogP contribution in [0, 0.1) is 11.7 Å². The standard InChI is InChI=1S/C26H41FN4O2S/c1-20-19-29(26(2)10-12-28-13-11-26)16-17-31(20)25(22-4-3-5-23(27)18-22)21-8-14-30(15-9-21)34(32,33)24-6-7-24/h3-5,18,20-21,24-25,28H,6-17,19H2,1-2H3/t20-,25?/m0/s1. The van der Waals surface area contributed by atoms with E-state index >= 15 is 0 Å². The minimum Gasteiger partial charge on any atom is -0.317 e. The number of hydrogen-bond donors (Lipinski definition) is 1. The highest BCUT2D eigenvalue weighted by Gasteiger charge is 2.44. The van der Waals surface area contributed by atoms with E-state index in [1.165, 1.54) is 18.9 Å². The normalized spacial score (nSPS) is 29.2. The summed E-state index contributed by atoms with van der Waals surface area (Å²) >= 11 is 0. The van der Waals surface area contributed by atoms with Crippen LogP contribution in [0.2, 0.25) is 0 Å². The molecule has 0 spiro atoms. The number of piperazine rings is 1. The Hall–Kier alpha value is -1.06. The van der Waals surface area contributed by atoms with Gasteiger partial charge in [-0.05, 0) is 89.1 Å². The lowest BCUT2D eigenvalue weighted by Crippen LogP contribution is -2.62. The van der Waals surface area contributed by atoms with Crippen molar-refractivity contribution in [1.29, 1.82) is 0 Å². The van der Waals surface area contributed by atoms with Gasteiger partial charge >= 0.3 is 0 Å². The minimum absolute atomic E-state index is 0.124. The number of halogens is 1. The predicted octanol–water partition coefficient (Wildman–Crippen LogP) is 3.22. The lowest BCUT2D eigenvalue weighted by molar-refractivity contribution is -0.0338. The molecule has 1 unspecified atom stereocenters. The van der Waals surface area contributed by atoms with Gasteiger partial charge in [0.25, 0.3) is 0 Å². The Labute approximate surface area is 204 Å². The maximum absolute atomic E-state index is 14.3. The lowest BCUT2D eigenvalue weighted by atomic mass is 9.83. The first kappa shape index (κ1) is 24.6. The molecular weight excluding hydrogens is 451 g/mol. The zero-order valence-corrected chi connectivity index (χ0v) is 21.6. The fourth-order valence-corrected chi connectivity index (χ4v) is 8.48. The van der Waals surface area contributed by atoms with E-state index in [1.54, 1.807) is 10.4 Å². The van der Waals surface area contributed by atoms with Crippen LogP contribution in [0.3, 0.4) is 0 Å². The molecule has 6 nitrogen and oxygen atoms in total. The van der Waals surface area contributed by atoms with Crippen molar-refractivity contribution in [2.24, 2.45) is 5.92 Å². The monoisotopic (exact) mass is 492 g/mol. The van der Waals surface area contributed by atoms with Gasteiger partial charge in [-0.15, -0.1) is 0 Å². The van der Waals surface area contributed by atoms with Crippen molar-refractivity contribution in [2.45, 2.75) is 75.2 Å². The molecule has 3 heterocycles. The first-order valence-corrected chi connectivity index (χ1v) is 14.7. The fourth-order valence-electron chi connectivity index (χ4n) is 6.60. The number of hydrogen-bond acceptors (Lipinski definition) is 5. The van der Waals surface area contributed by atoms with Gasteiger partial charge in [0.2, 0.25) is 10.0 Å². The first-order chi connectivity index (χ1) is 16.3. The topological polar surface area (TPSA) is 55.9 Å². The van der Waals surface area contributed by atoms with E-state index < -0.39 is 10.0 Å². The highest BCUT2D eigenvalue weighted by atomic mass is 32.2. The Morgan fingerprint density at radius 3 is 2.38 bits per heavy atom. The van der Waals surface area contributed by atoms with E-state index in [2.05, 4.69) is 35.0 Å². The minimum atomic E-state index is -3.12. The smallest absolute Gasteiger partial charge is 0.216 e. The molecule has 1 aliphatic carbocycles. The Bertz CT molecular complexity index is 955. The number of nitrogens with one attached hydrogen (secondary N) is 1. The lowest BCUT2D eigenvalue weighted by Gasteiger charge is -2.53. The average Bonchev–Trinajstić information content (AvgIpc) is 3.68. The second kappa shape index (κ2) is 9.77. The molecular formula is C26H41FN4O2S. The molecule has 2 atom stereocenters. The van der Waals surface area contributed by atoms with Crippen molar-refractivity contribution in [1.82, 2.24) is 19.4 Å². The summed E-state index contributed by atoms with van der Waals surface area (Å²) < 4.78 is 41.6. The molecule has 4 aliphatic rings. The maximum Gasteiger partial charge on any atom is 0.216 e. The number of piperidine rings is 2. The van der Waals surface area contributed by atoms with E-state index in [-0.39, 0.29) is 22.6 Å². The zero-order valence-electron chi connectivity index (χ0n) is 20.8. The summed E-state index contributed by atoms with van der Waals surface area (Å²) in [6, 6.07) is 7.59. The fraction of sp³-hybridized carbons (Fsp3) is 0.769. The molecule has 34 heavy (non-hydrogen) atoms. The molecule has 0 radical (unpaired) electrons. The van der Waals surface area contributed by atoms with E-state index in [1.807, 2.05) is 6.07 Å². The van der Waals surface area contributed by atoms with Crippen molar-refractivity contribution in [3.63, 3.8) is 0 Å². The largest absolute Gasteiger partial charge is 0.317 e. The van der Waals surface area contributed by atoms with Crippen molar-refractivity contribution in [3.05, 3.63) is 35.6 Å². The van der Waals surface area contributed by atoms with Gasteiger partial charge in [-0.1, -0.05) is 12.1 Å². The molecule has 190 valence electrons. The van der Waals surface area contributed by atoms with E-state index in [9.17, 15) is 12.8 Å². The van der Waals surface area contributed by atoms with Crippen molar-refractivity contribution in [3.8, 4) is 0 Å². The van der Waals surface area contributed by atoms with Crippen molar-refractivity contribution < 1.29 is 12.8 Å². The summed E-state index contributed by atoms with van der Waals surface area (Å²) in [4.78, 5) is 5.27. The Morgan fingerprint density at radius 1 is 1.06 bits per heavy atom. The summed E-state index contributed by atoms with van der Waals surface area (Å²) in [6.07, 6.45) is 5.66. The Balaban J connectivity index is 1.33. The van der Waals surface area contributed by atoms with E-state index in [0.717, 1.165) is 64.0 Å². The molecule has 1 aromatic rings.